The summed E-state index contributed by atoms with van der Waals surface area (Å²) < 4.78 is 74.4. The minimum Gasteiger partial charge on any atom is -0.289 e. The van der Waals surface area contributed by atoms with E-state index in [0.29, 0.717) is 0 Å². The molecule has 0 atom stereocenters. The molecule has 8 heteroatoms. The van der Waals surface area contributed by atoms with Crippen molar-refractivity contribution in [2.75, 3.05) is 0 Å². The molecule has 0 saturated heterocycles. The zero-order chi connectivity index (χ0) is 16.5. The Balaban J connectivity index is 0.00000264. The van der Waals surface area contributed by atoms with Gasteiger partial charge in [0, 0.05) is 11.1 Å². The Bertz CT molecular complexity index is 612. The van der Waals surface area contributed by atoms with Crippen molar-refractivity contribution in [2.45, 2.75) is 12.4 Å². The first kappa shape index (κ1) is 19.0. The summed E-state index contributed by atoms with van der Waals surface area (Å²) in [5.41, 5.74) is -1.88. The number of halogens is 7. The molecule has 0 amide bonds. The first-order valence-electron chi connectivity index (χ1n) is 5.98. The van der Waals surface area contributed by atoms with Gasteiger partial charge in [0.2, 0.25) is 0 Å². The molecular formula is C15H9ClF6O. The summed E-state index contributed by atoms with van der Waals surface area (Å²) in [5, 5.41) is 0. The molecule has 0 N–H and O–H groups in total. The van der Waals surface area contributed by atoms with Gasteiger partial charge < -0.3 is 0 Å². The number of rotatable bonds is 2. The summed E-state index contributed by atoms with van der Waals surface area (Å²) in [6.07, 6.45) is -9.04. The van der Waals surface area contributed by atoms with Gasteiger partial charge in [-0.1, -0.05) is 24.3 Å². The highest BCUT2D eigenvalue weighted by Crippen LogP contribution is 2.30. The molecule has 0 heterocycles. The second-order valence-corrected chi connectivity index (χ2v) is 4.48. The van der Waals surface area contributed by atoms with E-state index < -0.39 is 29.3 Å². The van der Waals surface area contributed by atoms with Crippen molar-refractivity contribution in [3.63, 3.8) is 0 Å². The second kappa shape index (κ2) is 6.62. The number of benzene rings is 2. The van der Waals surface area contributed by atoms with Crippen LogP contribution in [0.25, 0.3) is 0 Å². The summed E-state index contributed by atoms with van der Waals surface area (Å²) in [4.78, 5) is 12.0. The van der Waals surface area contributed by atoms with E-state index >= 15 is 0 Å². The lowest BCUT2D eigenvalue weighted by Gasteiger charge is -2.08. The predicted molar refractivity (Wildman–Crippen MR) is 73.6 cm³/mol. The van der Waals surface area contributed by atoms with Gasteiger partial charge in [0.1, 0.15) is 0 Å². The predicted octanol–water partition coefficient (Wildman–Crippen LogP) is 5.38. The van der Waals surface area contributed by atoms with Crippen LogP contribution in [0.2, 0.25) is 0 Å². The minimum absolute atomic E-state index is 0. The van der Waals surface area contributed by atoms with Gasteiger partial charge in [-0.25, -0.2) is 0 Å². The van der Waals surface area contributed by atoms with E-state index in [0.717, 1.165) is 48.5 Å². The van der Waals surface area contributed by atoms with E-state index in [9.17, 15) is 31.1 Å². The molecule has 2 rings (SSSR count). The molecule has 2 aromatic carbocycles. The maximum Gasteiger partial charge on any atom is 0.416 e. The molecule has 0 aliphatic rings. The van der Waals surface area contributed by atoms with Gasteiger partial charge in [0.05, 0.1) is 11.1 Å². The highest BCUT2D eigenvalue weighted by Gasteiger charge is 2.31. The molecule has 0 unspecified atom stereocenters. The smallest absolute Gasteiger partial charge is 0.289 e. The average molecular weight is 355 g/mol. The quantitative estimate of drug-likeness (QED) is 0.523. The molecule has 124 valence electrons. The highest BCUT2D eigenvalue weighted by atomic mass is 35.5. The zero-order valence-corrected chi connectivity index (χ0v) is 12.0. The second-order valence-electron chi connectivity index (χ2n) is 4.48. The molecule has 0 spiro atoms. The third kappa shape index (κ3) is 4.48. The molecule has 23 heavy (non-hydrogen) atoms. The number of alkyl halides is 6. The van der Waals surface area contributed by atoms with Crippen molar-refractivity contribution in [3.8, 4) is 0 Å². The molecule has 0 fully saturated rings. The van der Waals surface area contributed by atoms with Crippen LogP contribution in [0.5, 0.6) is 0 Å². The van der Waals surface area contributed by atoms with Crippen molar-refractivity contribution in [1.82, 2.24) is 0 Å². The summed E-state index contributed by atoms with van der Waals surface area (Å²) in [7, 11) is 0. The third-order valence-corrected chi connectivity index (χ3v) is 2.95. The van der Waals surface area contributed by atoms with Crippen LogP contribution in [0.15, 0.2) is 48.5 Å². The van der Waals surface area contributed by atoms with Crippen molar-refractivity contribution in [1.29, 1.82) is 0 Å². The molecule has 0 aliphatic heterocycles. The Morgan fingerprint density at radius 1 is 0.609 bits per heavy atom. The third-order valence-electron chi connectivity index (χ3n) is 2.95. The van der Waals surface area contributed by atoms with E-state index in [1.54, 1.807) is 0 Å². The number of carbonyl (C=O) groups excluding carboxylic acids is 1. The maximum atomic E-state index is 12.4. The lowest BCUT2D eigenvalue weighted by Crippen LogP contribution is -2.08. The molecule has 0 aliphatic carbocycles. The molecule has 0 aromatic heterocycles. The van der Waals surface area contributed by atoms with Gasteiger partial charge >= 0.3 is 12.4 Å². The van der Waals surface area contributed by atoms with Crippen LogP contribution in [0.3, 0.4) is 0 Å². The Morgan fingerprint density at radius 2 is 0.870 bits per heavy atom. The van der Waals surface area contributed by atoms with Crippen LogP contribution in [0.1, 0.15) is 27.0 Å². The SMILES string of the molecule is Cl.O=C(c1ccc(C(F)(F)F)cc1)c1ccc(C(F)(F)F)cc1. The monoisotopic (exact) mass is 354 g/mol. The Morgan fingerprint density at radius 3 is 1.09 bits per heavy atom. The van der Waals surface area contributed by atoms with Crippen LogP contribution < -0.4 is 0 Å². The van der Waals surface area contributed by atoms with Crippen LogP contribution in [-0.2, 0) is 12.4 Å². The average Bonchev–Trinajstić information content (AvgIpc) is 2.45. The summed E-state index contributed by atoms with van der Waals surface area (Å²) in [5.74, 6) is -0.651. The fraction of sp³-hybridized carbons (Fsp3) is 0.133. The summed E-state index contributed by atoms with van der Waals surface area (Å²) >= 11 is 0. The van der Waals surface area contributed by atoms with Gasteiger partial charge in [0.15, 0.2) is 5.78 Å². The van der Waals surface area contributed by atoms with Crippen molar-refractivity contribution < 1.29 is 31.1 Å². The summed E-state index contributed by atoms with van der Waals surface area (Å²) in [6.45, 7) is 0. The Hall–Kier alpha value is -2.02. The number of carbonyl (C=O) groups is 1. The van der Waals surface area contributed by atoms with Crippen molar-refractivity contribution in [2.24, 2.45) is 0 Å². The number of ketones is 1. The van der Waals surface area contributed by atoms with Crippen molar-refractivity contribution in [3.05, 3.63) is 70.8 Å². The van der Waals surface area contributed by atoms with Gasteiger partial charge in [0.25, 0.3) is 0 Å². The number of hydrogen-bond donors (Lipinski definition) is 0. The highest BCUT2D eigenvalue weighted by molar-refractivity contribution is 6.09. The molecule has 0 saturated carbocycles. The van der Waals surface area contributed by atoms with Crippen molar-refractivity contribution >= 4 is 18.2 Å². The van der Waals surface area contributed by atoms with E-state index in [1.165, 1.54) is 0 Å². The lowest BCUT2D eigenvalue weighted by molar-refractivity contribution is -0.138. The minimum atomic E-state index is -4.52. The largest absolute Gasteiger partial charge is 0.416 e. The van der Waals surface area contributed by atoms with E-state index in [1.807, 2.05) is 0 Å². The zero-order valence-electron chi connectivity index (χ0n) is 11.2. The van der Waals surface area contributed by atoms with Gasteiger partial charge in [-0.2, -0.15) is 26.3 Å². The maximum absolute atomic E-state index is 12.4. The normalized spacial score (nSPS) is 11.7. The van der Waals surface area contributed by atoms with Crippen LogP contribution >= 0.6 is 12.4 Å². The first-order valence-corrected chi connectivity index (χ1v) is 5.98. The summed E-state index contributed by atoms with van der Waals surface area (Å²) in [6, 6.07) is 6.95. The Labute approximate surface area is 133 Å². The molecule has 1 nitrogen and oxygen atoms in total. The van der Waals surface area contributed by atoms with Crippen LogP contribution in [0.4, 0.5) is 26.3 Å². The van der Waals surface area contributed by atoms with Gasteiger partial charge in [-0.3, -0.25) is 4.79 Å². The van der Waals surface area contributed by atoms with E-state index in [2.05, 4.69) is 0 Å². The standard InChI is InChI=1S/C15H8F6O.ClH/c16-14(17,18)11-5-1-9(2-6-11)13(22)10-3-7-12(8-4-10)15(19,20)21;/h1-8H;1H. The molecule has 2 aromatic rings. The lowest BCUT2D eigenvalue weighted by atomic mass is 10.0. The fourth-order valence-electron chi connectivity index (χ4n) is 1.79. The molecule has 0 bridgehead atoms. The topological polar surface area (TPSA) is 17.1 Å². The van der Waals surface area contributed by atoms with Gasteiger partial charge in [-0.05, 0) is 24.3 Å². The van der Waals surface area contributed by atoms with Gasteiger partial charge in [-0.15, -0.1) is 12.4 Å². The first-order chi connectivity index (χ1) is 10.1. The molecule has 0 radical (unpaired) electrons. The van der Waals surface area contributed by atoms with E-state index in [-0.39, 0.29) is 23.5 Å². The van der Waals surface area contributed by atoms with Crippen LogP contribution in [0, 0.1) is 0 Å². The Kier molecular flexibility index (Phi) is 5.47. The van der Waals surface area contributed by atoms with E-state index in [4.69, 9.17) is 0 Å². The molecular weight excluding hydrogens is 346 g/mol. The van der Waals surface area contributed by atoms with Crippen LogP contribution in [-0.4, -0.2) is 5.78 Å². The number of hydrogen-bond acceptors (Lipinski definition) is 1. The fourth-order valence-corrected chi connectivity index (χ4v) is 1.79.